The number of rotatable bonds is 5. The predicted octanol–water partition coefficient (Wildman–Crippen LogP) is 4.10. The molecule has 3 heterocycles. The first-order chi connectivity index (χ1) is 16.2. The summed E-state index contributed by atoms with van der Waals surface area (Å²) in [7, 11) is 0. The third-order valence-electron chi connectivity index (χ3n) is 5.86. The second-order valence-corrected chi connectivity index (χ2v) is 8.01. The molecule has 0 unspecified atom stereocenters. The summed E-state index contributed by atoms with van der Waals surface area (Å²) < 4.78 is 15.3. The van der Waals surface area contributed by atoms with Crippen molar-refractivity contribution in [2.24, 2.45) is 0 Å². The van der Waals surface area contributed by atoms with Gasteiger partial charge in [-0.15, -0.1) is 0 Å². The van der Waals surface area contributed by atoms with Gasteiger partial charge in [0.05, 0.1) is 5.69 Å². The lowest BCUT2D eigenvalue weighted by Gasteiger charge is -2.35. The number of hydrogen-bond donors (Lipinski definition) is 0. The van der Waals surface area contributed by atoms with Gasteiger partial charge in [0.2, 0.25) is 5.91 Å². The van der Waals surface area contributed by atoms with E-state index in [4.69, 9.17) is 4.98 Å². The second kappa shape index (κ2) is 9.24. The van der Waals surface area contributed by atoms with Crippen LogP contribution in [0, 0.1) is 5.82 Å². The van der Waals surface area contributed by atoms with Crippen LogP contribution in [0.1, 0.15) is 0 Å². The highest BCUT2D eigenvalue weighted by atomic mass is 19.1. The van der Waals surface area contributed by atoms with Gasteiger partial charge in [-0.1, -0.05) is 36.4 Å². The van der Waals surface area contributed by atoms with Crippen LogP contribution in [0.5, 0.6) is 0 Å². The third kappa shape index (κ3) is 4.62. The smallest absolute Gasteiger partial charge is 0.242 e. The number of pyridine rings is 1. The van der Waals surface area contributed by atoms with Crippen LogP contribution >= 0.6 is 0 Å². The Labute approximate surface area is 191 Å². The lowest BCUT2D eigenvalue weighted by atomic mass is 10.2. The molecular weight excluding hydrogens is 417 g/mol. The average molecular weight is 442 g/mol. The normalized spacial score (nSPS) is 13.8. The number of amides is 1. The molecule has 6 nitrogen and oxygen atoms in total. The zero-order valence-corrected chi connectivity index (χ0v) is 18.1. The highest BCUT2D eigenvalue weighted by molar-refractivity contribution is 5.78. The highest BCUT2D eigenvalue weighted by Gasteiger charge is 2.23. The highest BCUT2D eigenvalue weighted by Crippen LogP contribution is 2.25. The van der Waals surface area contributed by atoms with Gasteiger partial charge < -0.3 is 14.4 Å². The SMILES string of the molecule is O=C(Cn1cc(-c2ccccc2)nc1-c1ccc(F)cc1)N1CCN(c2ccccn2)CC1. The lowest BCUT2D eigenvalue weighted by Crippen LogP contribution is -2.49. The number of benzene rings is 2. The van der Waals surface area contributed by atoms with Gasteiger partial charge in [0.25, 0.3) is 0 Å². The fourth-order valence-electron chi connectivity index (χ4n) is 4.09. The summed E-state index contributed by atoms with van der Waals surface area (Å²) in [4.78, 5) is 26.4. The minimum Gasteiger partial charge on any atom is -0.353 e. The van der Waals surface area contributed by atoms with Gasteiger partial charge in [0.1, 0.15) is 24.0 Å². The average Bonchev–Trinajstić information content (AvgIpc) is 3.29. The molecule has 4 aromatic rings. The Hall–Kier alpha value is -4.00. The van der Waals surface area contributed by atoms with Crippen molar-refractivity contribution < 1.29 is 9.18 Å². The van der Waals surface area contributed by atoms with Gasteiger partial charge in [-0.25, -0.2) is 14.4 Å². The van der Waals surface area contributed by atoms with E-state index in [1.165, 1.54) is 12.1 Å². The van der Waals surface area contributed by atoms with E-state index in [1.54, 1.807) is 18.3 Å². The molecular formula is C26H24FN5O. The molecule has 0 N–H and O–H groups in total. The number of aromatic nitrogens is 3. The summed E-state index contributed by atoms with van der Waals surface area (Å²) in [5, 5.41) is 0. The quantitative estimate of drug-likeness (QED) is 0.468. The van der Waals surface area contributed by atoms with E-state index in [0.29, 0.717) is 18.9 Å². The van der Waals surface area contributed by atoms with E-state index in [2.05, 4.69) is 9.88 Å². The van der Waals surface area contributed by atoms with E-state index >= 15 is 0 Å². The van der Waals surface area contributed by atoms with Crippen molar-refractivity contribution in [3.8, 4) is 22.6 Å². The van der Waals surface area contributed by atoms with Gasteiger partial charge in [0, 0.05) is 49.7 Å². The first-order valence-electron chi connectivity index (χ1n) is 11.0. The number of hydrogen-bond acceptors (Lipinski definition) is 4. The Morgan fingerprint density at radius 1 is 0.848 bits per heavy atom. The molecule has 5 rings (SSSR count). The monoisotopic (exact) mass is 441 g/mol. The van der Waals surface area contributed by atoms with Gasteiger partial charge in [-0.2, -0.15) is 0 Å². The molecule has 0 spiro atoms. The Balaban J connectivity index is 1.35. The van der Waals surface area contributed by atoms with E-state index in [-0.39, 0.29) is 18.3 Å². The predicted molar refractivity (Wildman–Crippen MR) is 126 cm³/mol. The molecule has 0 saturated carbocycles. The molecule has 1 aliphatic heterocycles. The van der Waals surface area contributed by atoms with Crippen molar-refractivity contribution in [1.82, 2.24) is 19.4 Å². The summed E-state index contributed by atoms with van der Waals surface area (Å²) in [6.45, 7) is 2.94. The Kier molecular flexibility index (Phi) is 5.85. The zero-order valence-electron chi connectivity index (χ0n) is 18.1. The van der Waals surface area contributed by atoms with Crippen molar-refractivity contribution >= 4 is 11.7 Å². The molecule has 2 aromatic heterocycles. The van der Waals surface area contributed by atoms with Crippen LogP contribution in [0.4, 0.5) is 10.2 Å². The van der Waals surface area contributed by atoms with Crippen LogP contribution in [-0.2, 0) is 11.3 Å². The van der Waals surface area contributed by atoms with Crippen LogP contribution < -0.4 is 4.90 Å². The van der Waals surface area contributed by atoms with Crippen molar-refractivity contribution in [2.75, 3.05) is 31.1 Å². The largest absolute Gasteiger partial charge is 0.353 e. The number of anilines is 1. The molecule has 0 aliphatic carbocycles. The lowest BCUT2D eigenvalue weighted by molar-refractivity contribution is -0.132. The molecule has 166 valence electrons. The number of nitrogens with zero attached hydrogens (tertiary/aromatic N) is 5. The fraction of sp³-hybridized carbons (Fsp3) is 0.192. The molecule has 33 heavy (non-hydrogen) atoms. The summed E-state index contributed by atoms with van der Waals surface area (Å²) in [5.74, 6) is 1.32. The third-order valence-corrected chi connectivity index (χ3v) is 5.86. The van der Waals surface area contributed by atoms with Crippen LogP contribution in [0.25, 0.3) is 22.6 Å². The fourth-order valence-corrected chi connectivity index (χ4v) is 4.09. The molecule has 1 aliphatic rings. The van der Waals surface area contributed by atoms with E-state index in [0.717, 1.165) is 35.7 Å². The molecule has 0 bridgehead atoms. The van der Waals surface area contributed by atoms with Gasteiger partial charge in [0.15, 0.2) is 0 Å². The summed E-state index contributed by atoms with van der Waals surface area (Å²) in [6, 6.07) is 21.9. The van der Waals surface area contributed by atoms with Crippen LogP contribution in [0.15, 0.2) is 85.2 Å². The molecule has 0 radical (unpaired) electrons. The number of piperazine rings is 1. The van der Waals surface area contributed by atoms with Crippen LogP contribution in [0.2, 0.25) is 0 Å². The standard InChI is InChI=1S/C26H24FN5O/c27-22-11-9-21(10-12-22)26-29-23(20-6-2-1-3-7-20)18-32(26)19-25(33)31-16-14-30(15-17-31)24-8-4-5-13-28-24/h1-13,18H,14-17,19H2. The van der Waals surface area contributed by atoms with Crippen LogP contribution in [0.3, 0.4) is 0 Å². The summed E-state index contributed by atoms with van der Waals surface area (Å²) >= 11 is 0. The molecule has 1 amide bonds. The van der Waals surface area contributed by atoms with Gasteiger partial charge >= 0.3 is 0 Å². The first-order valence-corrected chi connectivity index (χ1v) is 11.0. The van der Waals surface area contributed by atoms with Crippen molar-refractivity contribution in [3.05, 3.63) is 91.0 Å². The number of carbonyl (C=O) groups is 1. The number of halogens is 1. The van der Waals surface area contributed by atoms with Gasteiger partial charge in [-0.3, -0.25) is 4.79 Å². The summed E-state index contributed by atoms with van der Waals surface area (Å²) in [5.41, 5.74) is 2.52. The minimum absolute atomic E-state index is 0.0380. The van der Waals surface area contributed by atoms with E-state index in [1.807, 2.05) is 64.2 Å². The maximum Gasteiger partial charge on any atom is 0.242 e. The van der Waals surface area contributed by atoms with Crippen molar-refractivity contribution in [1.29, 1.82) is 0 Å². The maximum absolute atomic E-state index is 13.5. The van der Waals surface area contributed by atoms with E-state index < -0.39 is 0 Å². The van der Waals surface area contributed by atoms with Gasteiger partial charge in [-0.05, 0) is 36.4 Å². The topological polar surface area (TPSA) is 54.3 Å². The molecule has 2 aromatic carbocycles. The Bertz CT molecular complexity index is 1220. The molecule has 0 atom stereocenters. The maximum atomic E-state index is 13.5. The number of carbonyl (C=O) groups excluding carboxylic acids is 1. The number of imidazole rings is 1. The Morgan fingerprint density at radius 2 is 1.58 bits per heavy atom. The zero-order chi connectivity index (χ0) is 22.6. The van der Waals surface area contributed by atoms with Crippen molar-refractivity contribution in [2.45, 2.75) is 6.54 Å². The molecule has 7 heteroatoms. The molecule has 1 saturated heterocycles. The minimum atomic E-state index is -0.304. The molecule has 1 fully saturated rings. The van der Waals surface area contributed by atoms with Crippen molar-refractivity contribution in [3.63, 3.8) is 0 Å². The first kappa shape index (κ1) is 20.9. The Morgan fingerprint density at radius 3 is 2.27 bits per heavy atom. The second-order valence-electron chi connectivity index (χ2n) is 8.01. The summed E-state index contributed by atoms with van der Waals surface area (Å²) in [6.07, 6.45) is 3.68. The van der Waals surface area contributed by atoms with E-state index in [9.17, 15) is 9.18 Å². The van der Waals surface area contributed by atoms with Crippen LogP contribution in [-0.4, -0.2) is 51.5 Å².